The third kappa shape index (κ3) is 5.64. The molecule has 26 heavy (non-hydrogen) atoms. The molecule has 0 saturated carbocycles. The number of rotatable bonds is 8. The Labute approximate surface area is 153 Å². The zero-order chi connectivity index (χ0) is 19.2. The highest BCUT2D eigenvalue weighted by Gasteiger charge is 2.25. The second-order valence-corrected chi connectivity index (χ2v) is 7.89. The van der Waals surface area contributed by atoms with Crippen LogP contribution < -0.4 is 10.0 Å². The third-order valence-corrected chi connectivity index (χ3v) is 5.52. The molecule has 2 aromatic rings. The molecule has 0 aliphatic carbocycles. The summed E-state index contributed by atoms with van der Waals surface area (Å²) in [5.41, 5.74) is 1.17. The van der Waals surface area contributed by atoms with Gasteiger partial charge in [-0.3, -0.25) is 4.79 Å². The molecule has 2 N–H and O–H groups in total. The van der Waals surface area contributed by atoms with E-state index in [1.807, 2.05) is 37.3 Å². The fourth-order valence-corrected chi connectivity index (χ4v) is 3.76. The summed E-state index contributed by atoms with van der Waals surface area (Å²) in [5.74, 6) is -1.31. The van der Waals surface area contributed by atoms with Gasteiger partial charge in [0.15, 0.2) is 0 Å². The van der Waals surface area contributed by atoms with E-state index >= 15 is 0 Å². The predicted octanol–water partition coefficient (Wildman–Crippen LogP) is 2.63. The molecule has 7 heteroatoms. The van der Waals surface area contributed by atoms with Crippen LogP contribution in [-0.2, 0) is 21.2 Å². The molecular formula is C19H23FN2O3S. The summed E-state index contributed by atoms with van der Waals surface area (Å²) < 4.78 is 40.4. The van der Waals surface area contributed by atoms with Crippen LogP contribution in [0.15, 0.2) is 59.5 Å². The van der Waals surface area contributed by atoms with Gasteiger partial charge in [0.1, 0.15) is 10.7 Å². The highest BCUT2D eigenvalue weighted by atomic mass is 32.2. The minimum absolute atomic E-state index is 0.122. The molecule has 2 unspecified atom stereocenters. The van der Waals surface area contributed by atoms with E-state index in [2.05, 4.69) is 10.0 Å². The third-order valence-electron chi connectivity index (χ3n) is 3.95. The van der Waals surface area contributed by atoms with E-state index in [1.165, 1.54) is 24.6 Å². The fraction of sp³-hybridized carbons (Fsp3) is 0.316. The molecule has 0 heterocycles. The Balaban J connectivity index is 1.89. The average molecular weight is 378 g/mol. The lowest BCUT2D eigenvalue weighted by Gasteiger charge is -2.19. The van der Waals surface area contributed by atoms with Crippen LogP contribution >= 0.6 is 0 Å². The second kappa shape index (κ2) is 8.91. The molecule has 1 amide bonds. The molecule has 0 spiro atoms. The van der Waals surface area contributed by atoms with Crippen LogP contribution in [0.25, 0.3) is 0 Å². The lowest BCUT2D eigenvalue weighted by atomic mass is 10.1. The first-order valence-electron chi connectivity index (χ1n) is 8.41. The van der Waals surface area contributed by atoms with Crippen molar-refractivity contribution >= 4 is 15.9 Å². The van der Waals surface area contributed by atoms with E-state index in [9.17, 15) is 17.6 Å². The van der Waals surface area contributed by atoms with Crippen molar-refractivity contribution in [3.63, 3.8) is 0 Å². The lowest BCUT2D eigenvalue weighted by Crippen LogP contribution is -2.47. The smallest absolute Gasteiger partial charge is 0.244 e. The minimum atomic E-state index is -4.11. The molecule has 0 fully saturated rings. The predicted molar refractivity (Wildman–Crippen MR) is 98.6 cm³/mol. The van der Waals surface area contributed by atoms with Crippen molar-refractivity contribution in [2.75, 3.05) is 0 Å². The summed E-state index contributed by atoms with van der Waals surface area (Å²) in [7, 11) is -4.11. The maximum absolute atomic E-state index is 13.7. The Morgan fingerprint density at radius 2 is 1.65 bits per heavy atom. The van der Waals surface area contributed by atoms with Gasteiger partial charge in [-0.25, -0.2) is 12.8 Å². The van der Waals surface area contributed by atoms with Crippen molar-refractivity contribution in [2.24, 2.45) is 0 Å². The first kappa shape index (κ1) is 20.1. The number of aryl methyl sites for hydroxylation is 1. The lowest BCUT2D eigenvalue weighted by molar-refractivity contribution is -0.123. The quantitative estimate of drug-likeness (QED) is 0.741. The Morgan fingerprint density at radius 3 is 2.31 bits per heavy atom. The first-order valence-corrected chi connectivity index (χ1v) is 9.89. The van der Waals surface area contributed by atoms with E-state index in [0.717, 1.165) is 25.0 Å². The largest absolute Gasteiger partial charge is 0.352 e. The molecule has 0 saturated heterocycles. The standard InChI is InChI=1S/C19H23FN2O3S/c1-14(12-13-16-8-4-3-5-9-16)21-19(23)15(2)22-26(24,25)18-11-7-6-10-17(18)20/h3-11,14-15,22H,12-13H2,1-2H3,(H,21,23). The number of hydrogen-bond donors (Lipinski definition) is 2. The maximum Gasteiger partial charge on any atom is 0.244 e. The minimum Gasteiger partial charge on any atom is -0.352 e. The highest BCUT2D eigenvalue weighted by molar-refractivity contribution is 7.89. The second-order valence-electron chi connectivity index (χ2n) is 6.21. The van der Waals surface area contributed by atoms with Crippen LogP contribution in [-0.4, -0.2) is 26.4 Å². The van der Waals surface area contributed by atoms with Crippen LogP contribution in [0.3, 0.4) is 0 Å². The van der Waals surface area contributed by atoms with Crippen molar-refractivity contribution in [3.8, 4) is 0 Å². The van der Waals surface area contributed by atoms with Crippen molar-refractivity contribution in [3.05, 3.63) is 66.0 Å². The number of sulfonamides is 1. The van der Waals surface area contributed by atoms with Crippen LogP contribution in [0.5, 0.6) is 0 Å². The van der Waals surface area contributed by atoms with Gasteiger partial charge in [-0.1, -0.05) is 42.5 Å². The van der Waals surface area contributed by atoms with Gasteiger partial charge in [-0.15, -0.1) is 0 Å². The van der Waals surface area contributed by atoms with Gasteiger partial charge in [-0.05, 0) is 44.4 Å². The molecular weight excluding hydrogens is 355 g/mol. The summed E-state index contributed by atoms with van der Waals surface area (Å²) in [6, 6.07) is 13.8. The molecule has 2 atom stereocenters. The summed E-state index contributed by atoms with van der Waals surface area (Å²) in [6.45, 7) is 3.29. The Hall–Kier alpha value is -2.25. The number of benzene rings is 2. The number of carbonyl (C=O) groups excluding carboxylic acids is 1. The van der Waals surface area contributed by atoms with Crippen LogP contribution in [0.1, 0.15) is 25.8 Å². The number of halogens is 1. The maximum atomic E-state index is 13.7. The van der Waals surface area contributed by atoms with E-state index in [-0.39, 0.29) is 6.04 Å². The number of amides is 1. The van der Waals surface area contributed by atoms with Crippen LogP contribution in [0, 0.1) is 5.82 Å². The number of hydrogen-bond acceptors (Lipinski definition) is 3. The van der Waals surface area contributed by atoms with Gasteiger partial charge in [0.2, 0.25) is 15.9 Å². The zero-order valence-electron chi connectivity index (χ0n) is 14.8. The topological polar surface area (TPSA) is 75.3 Å². The van der Waals surface area contributed by atoms with Gasteiger partial charge in [0, 0.05) is 6.04 Å². The van der Waals surface area contributed by atoms with Gasteiger partial charge < -0.3 is 5.32 Å². The Bertz CT molecular complexity index is 841. The monoisotopic (exact) mass is 378 g/mol. The van der Waals surface area contributed by atoms with E-state index in [4.69, 9.17) is 0 Å². The van der Waals surface area contributed by atoms with Crippen molar-refractivity contribution in [1.82, 2.24) is 10.0 Å². The van der Waals surface area contributed by atoms with E-state index < -0.39 is 32.7 Å². The zero-order valence-corrected chi connectivity index (χ0v) is 15.6. The van der Waals surface area contributed by atoms with Gasteiger partial charge in [-0.2, -0.15) is 4.72 Å². The highest BCUT2D eigenvalue weighted by Crippen LogP contribution is 2.13. The van der Waals surface area contributed by atoms with Gasteiger partial charge in [0.25, 0.3) is 0 Å². The molecule has 0 aliphatic rings. The van der Waals surface area contributed by atoms with E-state index in [0.29, 0.717) is 0 Å². The van der Waals surface area contributed by atoms with Crippen molar-refractivity contribution < 1.29 is 17.6 Å². The molecule has 2 rings (SSSR count). The van der Waals surface area contributed by atoms with Crippen LogP contribution in [0.2, 0.25) is 0 Å². The molecule has 5 nitrogen and oxygen atoms in total. The average Bonchev–Trinajstić information content (AvgIpc) is 2.60. The normalized spacial score (nSPS) is 13.8. The Kier molecular flexibility index (Phi) is 6.88. The van der Waals surface area contributed by atoms with Crippen LogP contribution in [0.4, 0.5) is 4.39 Å². The number of nitrogens with one attached hydrogen (secondary N) is 2. The molecule has 2 aromatic carbocycles. The van der Waals surface area contributed by atoms with Gasteiger partial charge in [0.05, 0.1) is 6.04 Å². The molecule has 0 radical (unpaired) electrons. The molecule has 0 aliphatic heterocycles. The Morgan fingerprint density at radius 1 is 1.04 bits per heavy atom. The molecule has 0 bridgehead atoms. The molecule has 0 aromatic heterocycles. The van der Waals surface area contributed by atoms with Crippen molar-refractivity contribution in [2.45, 2.75) is 43.7 Å². The fourth-order valence-electron chi connectivity index (χ4n) is 2.48. The van der Waals surface area contributed by atoms with E-state index in [1.54, 1.807) is 0 Å². The van der Waals surface area contributed by atoms with Gasteiger partial charge >= 0.3 is 0 Å². The summed E-state index contributed by atoms with van der Waals surface area (Å²) in [6.07, 6.45) is 1.53. The first-order chi connectivity index (χ1) is 12.3. The summed E-state index contributed by atoms with van der Waals surface area (Å²) >= 11 is 0. The molecule has 140 valence electrons. The van der Waals surface area contributed by atoms with Crippen molar-refractivity contribution in [1.29, 1.82) is 0 Å². The summed E-state index contributed by atoms with van der Waals surface area (Å²) in [5, 5.41) is 2.78. The SMILES string of the molecule is CC(CCc1ccccc1)NC(=O)C(C)NS(=O)(=O)c1ccccc1F. The summed E-state index contributed by atoms with van der Waals surface area (Å²) in [4.78, 5) is 11.8. The number of carbonyl (C=O) groups is 1.